The Bertz CT molecular complexity index is 344. The summed E-state index contributed by atoms with van der Waals surface area (Å²) >= 11 is 0. The van der Waals surface area contributed by atoms with Gasteiger partial charge in [0, 0.05) is 6.54 Å². The molecular formula is C14H25NOSi. The zero-order chi connectivity index (χ0) is 12.9. The van der Waals surface area contributed by atoms with Crippen LogP contribution in [-0.2, 0) is 16.4 Å². The van der Waals surface area contributed by atoms with Gasteiger partial charge in [-0.25, -0.2) is 5.48 Å². The van der Waals surface area contributed by atoms with Crippen LogP contribution in [0.2, 0.25) is 13.1 Å². The first-order valence-electron chi connectivity index (χ1n) is 6.38. The molecule has 0 bridgehead atoms. The molecule has 17 heavy (non-hydrogen) atoms. The van der Waals surface area contributed by atoms with Crippen molar-refractivity contribution in [2.24, 2.45) is 0 Å². The fraction of sp³-hybridized carbons (Fsp3) is 0.571. The lowest BCUT2D eigenvalue weighted by Gasteiger charge is -2.23. The lowest BCUT2D eigenvalue weighted by atomic mass is 9.83. The van der Waals surface area contributed by atoms with E-state index in [1.807, 2.05) is 0 Å². The summed E-state index contributed by atoms with van der Waals surface area (Å²) in [6, 6.07) is 8.68. The molecule has 0 aliphatic carbocycles. The summed E-state index contributed by atoms with van der Waals surface area (Å²) < 4.78 is 5.48. The standard InChI is InChI=1S/C14H25NOSi/c1-14(2,3)13-9-7-6-8-12(13)10-11-15-16-17(4)5/h6-9,15,17H,10-11H2,1-5H3. The Labute approximate surface area is 107 Å². The molecule has 0 aliphatic heterocycles. The van der Waals surface area contributed by atoms with Crippen LogP contribution in [0.25, 0.3) is 0 Å². The van der Waals surface area contributed by atoms with Crippen LogP contribution in [0.5, 0.6) is 0 Å². The smallest absolute Gasteiger partial charge is 0.199 e. The van der Waals surface area contributed by atoms with E-state index in [4.69, 9.17) is 4.53 Å². The highest BCUT2D eigenvalue weighted by molar-refractivity contribution is 6.48. The van der Waals surface area contributed by atoms with Gasteiger partial charge in [-0.05, 0) is 36.1 Å². The average molecular weight is 251 g/mol. The van der Waals surface area contributed by atoms with Crippen molar-refractivity contribution in [2.45, 2.75) is 45.7 Å². The summed E-state index contributed by atoms with van der Waals surface area (Å²) in [5.41, 5.74) is 6.14. The Morgan fingerprint density at radius 1 is 1.18 bits per heavy atom. The van der Waals surface area contributed by atoms with E-state index in [9.17, 15) is 0 Å². The lowest BCUT2D eigenvalue weighted by molar-refractivity contribution is 0.200. The third-order valence-electron chi connectivity index (χ3n) is 2.64. The molecule has 96 valence electrons. The molecule has 0 radical (unpaired) electrons. The molecule has 0 amide bonds. The van der Waals surface area contributed by atoms with E-state index in [-0.39, 0.29) is 5.41 Å². The first-order valence-corrected chi connectivity index (χ1v) is 9.16. The van der Waals surface area contributed by atoms with Crippen LogP contribution in [-0.4, -0.2) is 15.6 Å². The number of rotatable bonds is 5. The topological polar surface area (TPSA) is 21.3 Å². The first kappa shape index (κ1) is 14.4. The third kappa shape index (κ3) is 5.02. The van der Waals surface area contributed by atoms with Crippen molar-refractivity contribution in [3.63, 3.8) is 0 Å². The minimum atomic E-state index is -0.953. The van der Waals surface area contributed by atoms with Gasteiger partial charge in [-0.2, -0.15) is 0 Å². The molecule has 1 N–H and O–H groups in total. The minimum absolute atomic E-state index is 0.213. The monoisotopic (exact) mass is 251 g/mol. The minimum Gasteiger partial charge on any atom is -0.350 e. The molecule has 0 atom stereocenters. The van der Waals surface area contributed by atoms with E-state index in [2.05, 4.69) is 63.6 Å². The van der Waals surface area contributed by atoms with Gasteiger partial charge in [-0.1, -0.05) is 45.0 Å². The van der Waals surface area contributed by atoms with Crippen LogP contribution in [0.3, 0.4) is 0 Å². The van der Waals surface area contributed by atoms with Gasteiger partial charge < -0.3 is 4.53 Å². The third-order valence-corrected chi connectivity index (χ3v) is 3.28. The highest BCUT2D eigenvalue weighted by atomic mass is 28.3. The maximum atomic E-state index is 5.48. The molecule has 0 saturated carbocycles. The number of nitrogens with one attached hydrogen (secondary N) is 1. The number of hydrogen-bond donors (Lipinski definition) is 1. The molecule has 0 saturated heterocycles. The van der Waals surface area contributed by atoms with Gasteiger partial charge in [0.15, 0.2) is 9.04 Å². The van der Waals surface area contributed by atoms with Crippen LogP contribution < -0.4 is 5.48 Å². The summed E-state index contributed by atoms with van der Waals surface area (Å²) in [5, 5.41) is 0. The second kappa shape index (κ2) is 6.33. The number of benzene rings is 1. The van der Waals surface area contributed by atoms with Gasteiger partial charge in [-0.15, -0.1) is 0 Å². The number of hydroxylamine groups is 1. The second-order valence-electron chi connectivity index (χ2n) is 5.72. The van der Waals surface area contributed by atoms with Crippen molar-refractivity contribution in [3.8, 4) is 0 Å². The SMILES string of the molecule is C[SiH](C)ONCCc1ccccc1C(C)(C)C. The Kier molecular flexibility index (Phi) is 5.37. The van der Waals surface area contributed by atoms with Crippen molar-refractivity contribution in [2.75, 3.05) is 6.54 Å². The maximum Gasteiger partial charge on any atom is 0.199 e. The molecule has 0 aliphatic rings. The summed E-state index contributed by atoms with van der Waals surface area (Å²) in [6.07, 6.45) is 1.02. The predicted molar refractivity (Wildman–Crippen MR) is 76.8 cm³/mol. The zero-order valence-corrected chi connectivity index (χ0v) is 12.9. The molecule has 0 spiro atoms. The van der Waals surface area contributed by atoms with Crippen LogP contribution in [0, 0.1) is 0 Å². The van der Waals surface area contributed by atoms with E-state index in [1.54, 1.807) is 0 Å². The van der Waals surface area contributed by atoms with Crippen molar-refractivity contribution in [1.82, 2.24) is 5.48 Å². The largest absolute Gasteiger partial charge is 0.350 e. The fourth-order valence-electron chi connectivity index (χ4n) is 1.88. The molecule has 2 nitrogen and oxygen atoms in total. The van der Waals surface area contributed by atoms with Gasteiger partial charge in [0.1, 0.15) is 0 Å². The summed E-state index contributed by atoms with van der Waals surface area (Å²) in [5.74, 6) is 0. The van der Waals surface area contributed by atoms with Crippen LogP contribution >= 0.6 is 0 Å². The Balaban J connectivity index is 2.59. The Hall–Kier alpha value is -0.643. The van der Waals surface area contributed by atoms with Crippen LogP contribution in [0.1, 0.15) is 31.9 Å². The van der Waals surface area contributed by atoms with Crippen molar-refractivity contribution in [3.05, 3.63) is 35.4 Å². The molecular weight excluding hydrogens is 226 g/mol. The van der Waals surface area contributed by atoms with Crippen molar-refractivity contribution < 1.29 is 4.53 Å². The summed E-state index contributed by atoms with van der Waals surface area (Å²) in [4.78, 5) is 0. The average Bonchev–Trinajstić information content (AvgIpc) is 2.23. The Morgan fingerprint density at radius 3 is 2.41 bits per heavy atom. The van der Waals surface area contributed by atoms with E-state index in [1.165, 1.54) is 11.1 Å². The highest BCUT2D eigenvalue weighted by Gasteiger charge is 2.16. The van der Waals surface area contributed by atoms with Gasteiger partial charge in [0.05, 0.1) is 0 Å². The summed E-state index contributed by atoms with van der Waals surface area (Å²) in [6.45, 7) is 12.0. The molecule has 0 unspecified atom stereocenters. The zero-order valence-electron chi connectivity index (χ0n) is 11.7. The summed E-state index contributed by atoms with van der Waals surface area (Å²) in [7, 11) is -0.953. The van der Waals surface area contributed by atoms with Crippen LogP contribution in [0.4, 0.5) is 0 Å². The quantitative estimate of drug-likeness (QED) is 0.493. The molecule has 1 aromatic carbocycles. The first-order chi connectivity index (χ1) is 7.91. The maximum absolute atomic E-state index is 5.48. The highest BCUT2D eigenvalue weighted by Crippen LogP contribution is 2.25. The molecule has 0 heterocycles. The number of hydrogen-bond acceptors (Lipinski definition) is 2. The van der Waals surface area contributed by atoms with Gasteiger partial charge in [0.25, 0.3) is 0 Å². The van der Waals surface area contributed by atoms with Gasteiger partial charge in [-0.3, -0.25) is 0 Å². The Morgan fingerprint density at radius 2 is 1.82 bits per heavy atom. The lowest BCUT2D eigenvalue weighted by Crippen LogP contribution is -2.25. The van der Waals surface area contributed by atoms with Crippen molar-refractivity contribution in [1.29, 1.82) is 0 Å². The van der Waals surface area contributed by atoms with E-state index < -0.39 is 9.04 Å². The molecule has 0 fully saturated rings. The van der Waals surface area contributed by atoms with Crippen LogP contribution in [0.15, 0.2) is 24.3 Å². The van der Waals surface area contributed by atoms with E-state index >= 15 is 0 Å². The van der Waals surface area contributed by atoms with E-state index in [0.717, 1.165) is 13.0 Å². The molecule has 0 aromatic heterocycles. The normalized spacial score (nSPS) is 12.1. The van der Waals surface area contributed by atoms with Gasteiger partial charge >= 0.3 is 0 Å². The second-order valence-corrected chi connectivity index (χ2v) is 8.05. The molecule has 1 rings (SSSR count). The van der Waals surface area contributed by atoms with Crippen molar-refractivity contribution >= 4 is 9.04 Å². The van der Waals surface area contributed by atoms with Gasteiger partial charge in [0.2, 0.25) is 0 Å². The molecule has 1 aromatic rings. The molecule has 3 heteroatoms. The fourth-order valence-corrected chi connectivity index (χ4v) is 2.33. The predicted octanol–water partition coefficient (Wildman–Crippen LogP) is 3.03. The van der Waals surface area contributed by atoms with E-state index in [0.29, 0.717) is 0 Å².